The normalized spacial score (nSPS) is 10.6. The van der Waals surface area contributed by atoms with Gasteiger partial charge in [0.15, 0.2) is 0 Å². The van der Waals surface area contributed by atoms with Crippen molar-refractivity contribution in [2.45, 2.75) is 0 Å². The molecular weight excluding hydrogens is 306 g/mol. The Balaban J connectivity index is 2.08. The van der Waals surface area contributed by atoms with E-state index in [2.05, 4.69) is 31.0 Å². The zero-order valence-corrected chi connectivity index (χ0v) is 11.4. The van der Waals surface area contributed by atoms with Crippen LogP contribution in [0.25, 0.3) is 17.2 Å². The molecule has 2 heterocycles. The van der Waals surface area contributed by atoms with Gasteiger partial charge in [0, 0.05) is 22.4 Å². The van der Waals surface area contributed by atoms with Crippen LogP contribution in [0.4, 0.5) is 5.69 Å². The maximum absolute atomic E-state index is 6.01. The molecule has 0 aliphatic carbocycles. The van der Waals surface area contributed by atoms with E-state index >= 15 is 0 Å². The number of anilines is 1. The third kappa shape index (κ3) is 2.34. The highest BCUT2D eigenvalue weighted by Crippen LogP contribution is 2.26. The first-order valence-corrected chi connectivity index (χ1v) is 6.42. The van der Waals surface area contributed by atoms with E-state index in [4.69, 9.17) is 5.73 Å². The summed E-state index contributed by atoms with van der Waals surface area (Å²) in [4.78, 5) is 8.28. The Labute approximate surface area is 118 Å². The average Bonchev–Trinajstić information content (AvgIpc) is 2.82. The Morgan fingerprint density at radius 3 is 2.63 bits per heavy atom. The first-order chi connectivity index (χ1) is 9.24. The molecule has 3 rings (SSSR count). The quantitative estimate of drug-likeness (QED) is 0.789. The van der Waals surface area contributed by atoms with Crippen molar-refractivity contribution in [1.82, 2.24) is 19.7 Å². The zero-order valence-electron chi connectivity index (χ0n) is 9.86. The van der Waals surface area contributed by atoms with Gasteiger partial charge >= 0.3 is 0 Å². The molecule has 0 unspecified atom stereocenters. The monoisotopic (exact) mass is 315 g/mol. The molecule has 0 aliphatic heterocycles. The van der Waals surface area contributed by atoms with E-state index in [0.29, 0.717) is 17.3 Å². The average molecular weight is 316 g/mol. The minimum absolute atomic E-state index is 0.496. The van der Waals surface area contributed by atoms with Crippen LogP contribution in [0.1, 0.15) is 0 Å². The van der Waals surface area contributed by atoms with E-state index in [1.54, 1.807) is 29.3 Å². The largest absolute Gasteiger partial charge is 0.396 e. The molecule has 0 bridgehead atoms. The lowest BCUT2D eigenvalue weighted by atomic mass is 10.1. The van der Waals surface area contributed by atoms with Gasteiger partial charge in [-0.1, -0.05) is 28.1 Å². The second-order valence-corrected chi connectivity index (χ2v) is 4.85. The number of benzene rings is 1. The number of nitrogens with zero attached hydrogens (tertiary/aromatic N) is 4. The molecule has 0 radical (unpaired) electrons. The van der Waals surface area contributed by atoms with Gasteiger partial charge < -0.3 is 5.73 Å². The van der Waals surface area contributed by atoms with Crippen molar-refractivity contribution >= 4 is 21.6 Å². The fourth-order valence-corrected chi connectivity index (χ4v) is 2.16. The molecule has 2 aromatic heterocycles. The van der Waals surface area contributed by atoms with Crippen LogP contribution in [0.15, 0.2) is 53.4 Å². The Bertz CT molecular complexity index is 708. The van der Waals surface area contributed by atoms with Crippen molar-refractivity contribution in [3.63, 3.8) is 0 Å². The summed E-state index contributed by atoms with van der Waals surface area (Å²) in [5, 5.41) is 4.44. The molecule has 94 valence electrons. The Morgan fingerprint density at radius 1 is 1.11 bits per heavy atom. The van der Waals surface area contributed by atoms with Crippen molar-refractivity contribution in [2.24, 2.45) is 0 Å². The van der Waals surface area contributed by atoms with Gasteiger partial charge in [0.1, 0.15) is 5.69 Å². The first kappa shape index (κ1) is 11.9. The van der Waals surface area contributed by atoms with Crippen molar-refractivity contribution in [3.05, 3.63) is 53.4 Å². The molecule has 19 heavy (non-hydrogen) atoms. The molecule has 0 amide bonds. The summed E-state index contributed by atoms with van der Waals surface area (Å²) in [7, 11) is 0. The van der Waals surface area contributed by atoms with Gasteiger partial charge in [0.2, 0.25) is 0 Å². The molecule has 1 aromatic carbocycles. The number of hydrogen-bond acceptors (Lipinski definition) is 4. The summed E-state index contributed by atoms with van der Waals surface area (Å²) in [5.74, 6) is 0.496. The smallest absolute Gasteiger partial charge is 0.250 e. The Morgan fingerprint density at radius 2 is 1.89 bits per heavy atom. The van der Waals surface area contributed by atoms with Crippen LogP contribution in [-0.2, 0) is 0 Å². The van der Waals surface area contributed by atoms with Crippen LogP contribution in [0.3, 0.4) is 0 Å². The highest BCUT2D eigenvalue weighted by Gasteiger charge is 2.10. The SMILES string of the molecule is Nc1cn(-c2ncccn2)nc1-c1cccc(Br)c1. The van der Waals surface area contributed by atoms with Crippen molar-refractivity contribution in [2.75, 3.05) is 5.73 Å². The van der Waals surface area contributed by atoms with Crippen LogP contribution >= 0.6 is 15.9 Å². The van der Waals surface area contributed by atoms with E-state index in [1.165, 1.54) is 0 Å². The van der Waals surface area contributed by atoms with E-state index in [-0.39, 0.29) is 0 Å². The van der Waals surface area contributed by atoms with Gasteiger partial charge in [-0.15, -0.1) is 0 Å². The van der Waals surface area contributed by atoms with Gasteiger partial charge in [-0.05, 0) is 18.2 Å². The number of hydrogen-bond donors (Lipinski definition) is 1. The van der Waals surface area contributed by atoms with Crippen molar-refractivity contribution < 1.29 is 0 Å². The Kier molecular flexibility index (Phi) is 3.00. The highest BCUT2D eigenvalue weighted by molar-refractivity contribution is 9.10. The molecule has 6 heteroatoms. The Hall–Kier alpha value is -2.21. The summed E-state index contributed by atoms with van der Waals surface area (Å²) in [6.45, 7) is 0. The second-order valence-electron chi connectivity index (χ2n) is 3.94. The number of nitrogen functional groups attached to an aromatic ring is 1. The summed E-state index contributed by atoms with van der Waals surface area (Å²) in [5.41, 5.74) is 8.26. The van der Waals surface area contributed by atoms with Gasteiger partial charge in [-0.2, -0.15) is 5.10 Å². The molecular formula is C13H10BrN5. The third-order valence-corrected chi connectivity index (χ3v) is 3.09. The van der Waals surface area contributed by atoms with Crippen molar-refractivity contribution in [3.8, 4) is 17.2 Å². The van der Waals surface area contributed by atoms with Gasteiger partial charge in [-0.3, -0.25) is 0 Å². The number of aromatic nitrogens is 4. The predicted molar refractivity (Wildman–Crippen MR) is 76.7 cm³/mol. The molecule has 0 atom stereocenters. The van der Waals surface area contributed by atoms with Crippen LogP contribution in [0.5, 0.6) is 0 Å². The number of halogens is 1. The molecule has 3 aromatic rings. The van der Waals surface area contributed by atoms with Gasteiger partial charge in [-0.25, -0.2) is 14.6 Å². The van der Waals surface area contributed by atoms with Crippen LogP contribution in [0, 0.1) is 0 Å². The second kappa shape index (κ2) is 4.81. The lowest BCUT2D eigenvalue weighted by Crippen LogP contribution is -2.00. The van der Waals surface area contributed by atoms with Crippen molar-refractivity contribution in [1.29, 1.82) is 0 Å². The molecule has 0 aliphatic rings. The molecule has 0 saturated heterocycles. The summed E-state index contributed by atoms with van der Waals surface area (Å²) in [6, 6.07) is 9.58. The van der Waals surface area contributed by atoms with E-state index in [1.807, 2.05) is 24.3 Å². The molecule has 5 nitrogen and oxygen atoms in total. The maximum atomic E-state index is 6.01. The van der Waals surface area contributed by atoms with E-state index in [0.717, 1.165) is 10.0 Å². The van der Waals surface area contributed by atoms with Gasteiger partial charge in [0.05, 0.1) is 11.9 Å². The maximum Gasteiger partial charge on any atom is 0.250 e. The zero-order chi connectivity index (χ0) is 13.2. The lowest BCUT2D eigenvalue weighted by molar-refractivity contribution is 0.811. The minimum atomic E-state index is 0.496. The summed E-state index contributed by atoms with van der Waals surface area (Å²) < 4.78 is 2.56. The number of rotatable bonds is 2. The van der Waals surface area contributed by atoms with Crippen LogP contribution in [-0.4, -0.2) is 19.7 Å². The first-order valence-electron chi connectivity index (χ1n) is 5.62. The summed E-state index contributed by atoms with van der Waals surface area (Å²) >= 11 is 3.44. The van der Waals surface area contributed by atoms with Gasteiger partial charge in [0.25, 0.3) is 5.95 Å². The topological polar surface area (TPSA) is 69.6 Å². The van der Waals surface area contributed by atoms with Crippen LogP contribution in [0.2, 0.25) is 0 Å². The fraction of sp³-hybridized carbons (Fsp3) is 0. The molecule has 0 fully saturated rings. The summed E-state index contributed by atoms with van der Waals surface area (Å²) in [6.07, 6.45) is 5.05. The lowest BCUT2D eigenvalue weighted by Gasteiger charge is -1.99. The fourth-order valence-electron chi connectivity index (χ4n) is 1.76. The number of nitrogens with two attached hydrogens (primary N) is 1. The van der Waals surface area contributed by atoms with E-state index < -0.39 is 0 Å². The molecule has 0 saturated carbocycles. The minimum Gasteiger partial charge on any atom is -0.396 e. The van der Waals surface area contributed by atoms with E-state index in [9.17, 15) is 0 Å². The highest BCUT2D eigenvalue weighted by atomic mass is 79.9. The third-order valence-electron chi connectivity index (χ3n) is 2.60. The molecule has 0 spiro atoms. The predicted octanol–water partition coefficient (Wildman–Crippen LogP) is 2.67. The standard InChI is InChI=1S/C13H10BrN5/c14-10-4-1-3-9(7-10)12-11(15)8-19(18-12)13-16-5-2-6-17-13/h1-8H,15H2. The molecule has 2 N–H and O–H groups in total. The van der Waals surface area contributed by atoms with Crippen LogP contribution < -0.4 is 5.73 Å².